The normalized spacial score (nSPS) is 11.0. The Labute approximate surface area is 163 Å². The van der Waals surface area contributed by atoms with Gasteiger partial charge in [-0.1, -0.05) is 24.3 Å². The summed E-state index contributed by atoms with van der Waals surface area (Å²) < 4.78 is 1.81. The van der Waals surface area contributed by atoms with E-state index in [0.29, 0.717) is 22.0 Å². The van der Waals surface area contributed by atoms with E-state index in [2.05, 4.69) is 20.4 Å². The summed E-state index contributed by atoms with van der Waals surface area (Å²) in [7, 11) is 0. The van der Waals surface area contributed by atoms with Gasteiger partial charge in [-0.05, 0) is 30.3 Å². The summed E-state index contributed by atoms with van der Waals surface area (Å²) in [6.45, 7) is 0. The van der Waals surface area contributed by atoms with E-state index in [9.17, 15) is 4.79 Å². The number of para-hydroxylation sites is 2. The lowest BCUT2D eigenvalue weighted by molar-refractivity contribution is 0.102. The second-order valence-electron chi connectivity index (χ2n) is 6.04. The van der Waals surface area contributed by atoms with Crippen molar-refractivity contribution in [2.75, 3.05) is 5.32 Å². The number of amides is 1. The number of hydrogen-bond donors (Lipinski definition) is 2. The molecule has 136 valence electrons. The number of rotatable bonds is 4. The predicted octanol–water partition coefficient (Wildman–Crippen LogP) is 4.12. The van der Waals surface area contributed by atoms with Gasteiger partial charge in [-0.25, -0.2) is 14.6 Å². The smallest absolute Gasteiger partial charge is 0.259 e. The lowest BCUT2D eigenvalue weighted by Gasteiger charge is -2.04. The van der Waals surface area contributed by atoms with Crippen LogP contribution >= 0.6 is 11.3 Å². The van der Waals surface area contributed by atoms with Gasteiger partial charge in [0.05, 0.1) is 23.0 Å². The number of aromatic nitrogens is 5. The Bertz CT molecular complexity index is 1260. The molecule has 3 aromatic heterocycles. The topological polar surface area (TPSA) is 88.5 Å². The molecule has 3 heterocycles. The highest BCUT2D eigenvalue weighted by atomic mass is 32.1. The van der Waals surface area contributed by atoms with Crippen LogP contribution in [0, 0.1) is 0 Å². The van der Waals surface area contributed by atoms with E-state index in [1.54, 1.807) is 18.5 Å². The van der Waals surface area contributed by atoms with Gasteiger partial charge in [-0.3, -0.25) is 10.1 Å². The SMILES string of the molecule is O=C(Nc1nccs1)c1cccc2[nH]c(-c3ccnn3-c3ccccc3)nc12. The summed E-state index contributed by atoms with van der Waals surface area (Å²) in [6, 6.07) is 17.2. The van der Waals surface area contributed by atoms with Crippen molar-refractivity contribution < 1.29 is 4.79 Å². The fourth-order valence-corrected chi connectivity index (χ4v) is 3.57. The summed E-state index contributed by atoms with van der Waals surface area (Å²) in [5, 5.41) is 9.59. The average Bonchev–Trinajstić information content (AvgIpc) is 3.47. The first-order valence-electron chi connectivity index (χ1n) is 8.59. The Morgan fingerprint density at radius 2 is 1.93 bits per heavy atom. The monoisotopic (exact) mass is 386 g/mol. The zero-order valence-electron chi connectivity index (χ0n) is 14.5. The molecule has 0 unspecified atom stereocenters. The minimum absolute atomic E-state index is 0.241. The lowest BCUT2D eigenvalue weighted by atomic mass is 10.2. The van der Waals surface area contributed by atoms with Crippen molar-refractivity contribution >= 4 is 33.4 Å². The molecular formula is C20H14N6OS. The Morgan fingerprint density at radius 3 is 2.75 bits per heavy atom. The van der Waals surface area contributed by atoms with Crippen molar-refractivity contribution in [3.05, 3.63) is 77.9 Å². The Kier molecular flexibility index (Phi) is 3.95. The van der Waals surface area contributed by atoms with Gasteiger partial charge in [0, 0.05) is 11.6 Å². The maximum Gasteiger partial charge on any atom is 0.259 e. The molecule has 5 rings (SSSR count). The van der Waals surface area contributed by atoms with Crippen molar-refractivity contribution in [1.29, 1.82) is 0 Å². The number of carbonyl (C=O) groups is 1. The van der Waals surface area contributed by atoms with Gasteiger partial charge in [-0.15, -0.1) is 11.3 Å². The van der Waals surface area contributed by atoms with Gasteiger partial charge in [0.2, 0.25) is 0 Å². The van der Waals surface area contributed by atoms with Crippen molar-refractivity contribution in [2.24, 2.45) is 0 Å². The van der Waals surface area contributed by atoms with Crippen LogP contribution in [0.5, 0.6) is 0 Å². The molecular weight excluding hydrogens is 372 g/mol. The molecule has 0 saturated carbocycles. The van der Waals surface area contributed by atoms with Gasteiger partial charge in [-0.2, -0.15) is 5.10 Å². The van der Waals surface area contributed by atoms with E-state index < -0.39 is 0 Å². The van der Waals surface area contributed by atoms with Crippen LogP contribution in [0.3, 0.4) is 0 Å². The number of imidazole rings is 1. The summed E-state index contributed by atoms with van der Waals surface area (Å²) in [4.78, 5) is 24.8. The number of nitrogens with zero attached hydrogens (tertiary/aromatic N) is 4. The van der Waals surface area contributed by atoms with E-state index >= 15 is 0 Å². The van der Waals surface area contributed by atoms with Crippen LogP contribution in [0.2, 0.25) is 0 Å². The number of hydrogen-bond acceptors (Lipinski definition) is 5. The largest absolute Gasteiger partial charge is 0.337 e. The van der Waals surface area contributed by atoms with Gasteiger partial charge < -0.3 is 4.98 Å². The number of anilines is 1. The number of carbonyl (C=O) groups excluding carboxylic acids is 1. The predicted molar refractivity (Wildman–Crippen MR) is 109 cm³/mol. The van der Waals surface area contributed by atoms with Crippen LogP contribution in [0.1, 0.15) is 10.4 Å². The highest BCUT2D eigenvalue weighted by Gasteiger charge is 2.17. The second-order valence-corrected chi connectivity index (χ2v) is 6.94. The van der Waals surface area contributed by atoms with Crippen molar-refractivity contribution in [3.8, 4) is 17.2 Å². The van der Waals surface area contributed by atoms with Crippen LogP contribution in [0.15, 0.2) is 72.4 Å². The quantitative estimate of drug-likeness (QED) is 0.486. The van der Waals surface area contributed by atoms with E-state index in [0.717, 1.165) is 16.9 Å². The molecule has 0 atom stereocenters. The molecule has 0 aliphatic rings. The zero-order chi connectivity index (χ0) is 18.9. The Balaban J connectivity index is 1.57. The number of aromatic amines is 1. The molecule has 7 nitrogen and oxygen atoms in total. The molecule has 0 fully saturated rings. The summed E-state index contributed by atoms with van der Waals surface area (Å²) in [6.07, 6.45) is 3.38. The molecule has 1 amide bonds. The fourth-order valence-electron chi connectivity index (χ4n) is 3.04. The van der Waals surface area contributed by atoms with Crippen LogP contribution in [-0.2, 0) is 0 Å². The number of fused-ring (bicyclic) bond motifs is 1. The van der Waals surface area contributed by atoms with E-state index in [-0.39, 0.29) is 5.91 Å². The minimum atomic E-state index is -0.241. The Morgan fingerprint density at radius 1 is 1.04 bits per heavy atom. The molecule has 28 heavy (non-hydrogen) atoms. The molecule has 0 bridgehead atoms. The molecule has 8 heteroatoms. The van der Waals surface area contributed by atoms with Gasteiger partial charge >= 0.3 is 0 Å². The van der Waals surface area contributed by atoms with Crippen molar-refractivity contribution in [2.45, 2.75) is 0 Å². The third kappa shape index (κ3) is 2.85. The molecule has 2 aromatic carbocycles. The van der Waals surface area contributed by atoms with Crippen molar-refractivity contribution in [1.82, 2.24) is 24.7 Å². The van der Waals surface area contributed by atoms with Crippen molar-refractivity contribution in [3.63, 3.8) is 0 Å². The number of H-pyrrole nitrogens is 1. The van der Waals surface area contributed by atoms with Crippen LogP contribution < -0.4 is 5.32 Å². The number of benzene rings is 2. The third-order valence-electron chi connectivity index (χ3n) is 4.30. The first-order chi connectivity index (χ1) is 13.8. The van der Waals surface area contributed by atoms with Crippen LogP contribution in [-0.4, -0.2) is 30.6 Å². The van der Waals surface area contributed by atoms with Crippen LogP contribution in [0.4, 0.5) is 5.13 Å². The van der Waals surface area contributed by atoms with Gasteiger partial charge in [0.15, 0.2) is 11.0 Å². The average molecular weight is 386 g/mol. The highest BCUT2D eigenvalue weighted by molar-refractivity contribution is 7.13. The minimum Gasteiger partial charge on any atom is -0.337 e. The number of thiazole rings is 1. The van der Waals surface area contributed by atoms with E-state index in [4.69, 9.17) is 4.98 Å². The maximum absolute atomic E-state index is 12.7. The zero-order valence-corrected chi connectivity index (χ0v) is 15.4. The highest BCUT2D eigenvalue weighted by Crippen LogP contribution is 2.25. The molecule has 0 aliphatic heterocycles. The van der Waals surface area contributed by atoms with Crippen LogP contribution in [0.25, 0.3) is 28.2 Å². The van der Waals surface area contributed by atoms with Gasteiger partial charge in [0.1, 0.15) is 11.2 Å². The van der Waals surface area contributed by atoms with Gasteiger partial charge in [0.25, 0.3) is 5.91 Å². The molecule has 0 spiro atoms. The molecule has 5 aromatic rings. The standard InChI is InChI=1S/C20H14N6OS/c27-19(25-20-21-11-12-28-20)14-7-4-8-15-17(14)24-18(23-15)16-9-10-22-26(16)13-5-2-1-3-6-13/h1-12H,(H,23,24)(H,21,25,27). The number of nitrogens with one attached hydrogen (secondary N) is 2. The first kappa shape index (κ1) is 16.4. The summed E-state index contributed by atoms with van der Waals surface area (Å²) in [5.41, 5.74) is 3.62. The molecule has 0 saturated heterocycles. The first-order valence-corrected chi connectivity index (χ1v) is 9.47. The lowest BCUT2D eigenvalue weighted by Crippen LogP contribution is -2.12. The van der Waals surface area contributed by atoms with E-state index in [1.807, 2.05) is 58.6 Å². The molecule has 0 radical (unpaired) electrons. The fraction of sp³-hybridized carbons (Fsp3) is 0. The second kappa shape index (κ2) is 6.75. The summed E-state index contributed by atoms with van der Waals surface area (Å²) in [5.74, 6) is 0.404. The van der Waals surface area contributed by atoms with E-state index in [1.165, 1.54) is 11.3 Å². The molecule has 0 aliphatic carbocycles. The third-order valence-corrected chi connectivity index (χ3v) is 4.98. The molecule has 2 N–H and O–H groups in total. The Hall–Kier alpha value is -3.78. The summed E-state index contributed by atoms with van der Waals surface area (Å²) >= 11 is 1.37. The maximum atomic E-state index is 12.7.